The quantitative estimate of drug-likeness (QED) is 0.886. The summed E-state index contributed by atoms with van der Waals surface area (Å²) in [6.07, 6.45) is 1.40. The Balaban J connectivity index is 2.20. The fraction of sp³-hybridized carbons (Fsp3) is 0.538. The van der Waals surface area contributed by atoms with Crippen molar-refractivity contribution in [3.63, 3.8) is 0 Å². The Kier molecular flexibility index (Phi) is 5.06. The van der Waals surface area contributed by atoms with Crippen molar-refractivity contribution in [3.8, 4) is 5.75 Å². The number of aliphatic hydroxyl groups excluding tert-OH is 1. The van der Waals surface area contributed by atoms with Crippen LogP contribution < -0.4 is 4.74 Å². The van der Waals surface area contributed by atoms with E-state index in [1.54, 1.807) is 18.2 Å². The zero-order valence-electron chi connectivity index (χ0n) is 11.3. The Hall–Kier alpha value is -0.630. The number of hydrogen-bond donors (Lipinski definition) is 1. The van der Waals surface area contributed by atoms with Crippen molar-refractivity contribution in [2.75, 3.05) is 26.8 Å². The van der Waals surface area contributed by atoms with Gasteiger partial charge < -0.3 is 9.84 Å². The van der Waals surface area contributed by atoms with Gasteiger partial charge in [0.05, 0.1) is 16.5 Å². The summed E-state index contributed by atoms with van der Waals surface area (Å²) in [5.74, 6) is 0.812. The number of nitrogens with zero attached hydrogens (tertiary/aromatic N) is 1. The van der Waals surface area contributed by atoms with Crippen molar-refractivity contribution in [3.05, 3.63) is 22.7 Å². The maximum Gasteiger partial charge on any atom is 0.243 e. The van der Waals surface area contributed by atoms with Crippen LogP contribution in [0.2, 0.25) is 0 Å². The van der Waals surface area contributed by atoms with Gasteiger partial charge in [0, 0.05) is 19.7 Å². The second-order valence-corrected chi connectivity index (χ2v) is 7.62. The predicted molar refractivity (Wildman–Crippen MR) is 79.3 cm³/mol. The van der Waals surface area contributed by atoms with Gasteiger partial charge in [0.15, 0.2) is 0 Å². The largest absolute Gasteiger partial charge is 0.496 e. The first-order valence-electron chi connectivity index (χ1n) is 6.43. The summed E-state index contributed by atoms with van der Waals surface area (Å²) in [5.41, 5.74) is 0. The van der Waals surface area contributed by atoms with Crippen LogP contribution in [-0.2, 0) is 10.0 Å². The maximum atomic E-state index is 12.5. The van der Waals surface area contributed by atoms with Crippen molar-refractivity contribution < 1.29 is 18.3 Å². The van der Waals surface area contributed by atoms with Gasteiger partial charge in [0.1, 0.15) is 5.75 Å². The molecule has 0 radical (unpaired) electrons. The Morgan fingerprint density at radius 2 is 2.05 bits per heavy atom. The third kappa shape index (κ3) is 3.16. The van der Waals surface area contributed by atoms with Gasteiger partial charge in [0.25, 0.3) is 0 Å². The molecule has 0 unspecified atom stereocenters. The predicted octanol–water partition coefficient (Wildman–Crippen LogP) is 1.85. The second kappa shape index (κ2) is 6.43. The third-order valence-electron chi connectivity index (χ3n) is 3.59. The van der Waals surface area contributed by atoms with E-state index < -0.39 is 10.0 Å². The minimum absolute atomic E-state index is 0.127. The molecule has 1 heterocycles. The van der Waals surface area contributed by atoms with Crippen molar-refractivity contribution in [2.24, 2.45) is 5.92 Å². The first-order chi connectivity index (χ1) is 9.48. The molecular formula is C13H18BrNO4S. The second-order valence-electron chi connectivity index (χ2n) is 4.83. The fourth-order valence-corrected chi connectivity index (χ4v) is 4.48. The first-order valence-corrected chi connectivity index (χ1v) is 8.67. The van der Waals surface area contributed by atoms with Crippen molar-refractivity contribution >= 4 is 26.0 Å². The molecule has 1 aliphatic heterocycles. The summed E-state index contributed by atoms with van der Waals surface area (Å²) in [4.78, 5) is 0.257. The molecule has 5 nitrogen and oxygen atoms in total. The number of ether oxygens (including phenoxy) is 1. The van der Waals surface area contributed by atoms with E-state index in [0.29, 0.717) is 36.2 Å². The molecule has 1 aromatic rings. The van der Waals surface area contributed by atoms with Gasteiger partial charge in [0.2, 0.25) is 10.0 Å². The molecular weight excluding hydrogens is 346 g/mol. The van der Waals surface area contributed by atoms with E-state index in [9.17, 15) is 8.42 Å². The van der Waals surface area contributed by atoms with Crippen molar-refractivity contribution in [1.82, 2.24) is 4.31 Å². The highest BCUT2D eigenvalue weighted by Crippen LogP contribution is 2.30. The van der Waals surface area contributed by atoms with Crippen LogP contribution in [0.3, 0.4) is 0 Å². The lowest BCUT2D eigenvalue weighted by atomic mass is 10.00. The summed E-state index contributed by atoms with van der Waals surface area (Å²) in [6.45, 7) is 1.04. The molecule has 1 N–H and O–H groups in total. The van der Waals surface area contributed by atoms with Crippen LogP contribution in [0, 0.1) is 5.92 Å². The third-order valence-corrected chi connectivity index (χ3v) is 6.11. The van der Waals surface area contributed by atoms with Crippen LogP contribution in [-0.4, -0.2) is 44.6 Å². The highest BCUT2D eigenvalue weighted by molar-refractivity contribution is 9.10. The number of hydrogen-bond acceptors (Lipinski definition) is 4. The normalized spacial score (nSPS) is 18.1. The van der Waals surface area contributed by atoms with Crippen LogP contribution in [0.5, 0.6) is 5.75 Å². The van der Waals surface area contributed by atoms with Gasteiger partial charge >= 0.3 is 0 Å². The van der Waals surface area contributed by atoms with Crippen LogP contribution in [0.4, 0.5) is 0 Å². The summed E-state index contributed by atoms with van der Waals surface area (Å²) in [6, 6.07) is 4.75. The van der Waals surface area contributed by atoms with E-state index in [-0.39, 0.29) is 17.4 Å². The summed E-state index contributed by atoms with van der Waals surface area (Å²) >= 11 is 3.30. The lowest BCUT2D eigenvalue weighted by Crippen LogP contribution is -2.39. The molecule has 7 heteroatoms. The van der Waals surface area contributed by atoms with E-state index >= 15 is 0 Å². The molecule has 0 spiro atoms. The van der Waals surface area contributed by atoms with Crippen molar-refractivity contribution in [2.45, 2.75) is 17.7 Å². The number of rotatable bonds is 4. The summed E-state index contributed by atoms with van der Waals surface area (Å²) in [5, 5.41) is 9.10. The lowest BCUT2D eigenvalue weighted by molar-refractivity contribution is 0.170. The van der Waals surface area contributed by atoms with E-state index in [2.05, 4.69) is 15.9 Å². The van der Waals surface area contributed by atoms with Gasteiger partial charge in [-0.1, -0.05) is 0 Å². The highest BCUT2D eigenvalue weighted by Gasteiger charge is 2.29. The molecule has 2 rings (SSSR count). The average Bonchev–Trinajstić information content (AvgIpc) is 2.47. The van der Waals surface area contributed by atoms with Crippen LogP contribution in [0.15, 0.2) is 27.6 Å². The van der Waals surface area contributed by atoms with Gasteiger partial charge in [-0.15, -0.1) is 0 Å². The van der Waals surface area contributed by atoms with E-state index in [1.165, 1.54) is 11.4 Å². The van der Waals surface area contributed by atoms with Crippen molar-refractivity contribution in [1.29, 1.82) is 0 Å². The molecule has 0 bridgehead atoms. The molecule has 0 aromatic heterocycles. The number of sulfonamides is 1. The van der Waals surface area contributed by atoms with Crippen LogP contribution in [0.25, 0.3) is 0 Å². The topological polar surface area (TPSA) is 66.8 Å². The monoisotopic (exact) mass is 363 g/mol. The SMILES string of the molecule is COc1ccc(S(=O)(=O)N2CCC(CO)CC2)cc1Br. The number of halogens is 1. The van der Waals surface area contributed by atoms with Gasteiger partial charge in [-0.25, -0.2) is 8.42 Å². The Morgan fingerprint density at radius 1 is 1.40 bits per heavy atom. The average molecular weight is 364 g/mol. The molecule has 20 heavy (non-hydrogen) atoms. The first kappa shape index (κ1) is 15.8. The lowest BCUT2D eigenvalue weighted by Gasteiger charge is -2.30. The van der Waals surface area contributed by atoms with Gasteiger partial charge in [-0.05, 0) is 52.9 Å². The minimum Gasteiger partial charge on any atom is -0.496 e. The zero-order chi connectivity index (χ0) is 14.8. The van der Waals surface area contributed by atoms with Gasteiger partial charge in [-0.2, -0.15) is 4.31 Å². The molecule has 1 aliphatic rings. The van der Waals surface area contributed by atoms with Gasteiger partial charge in [-0.3, -0.25) is 0 Å². The molecule has 1 saturated heterocycles. The Labute approximate surface area is 127 Å². The molecule has 0 aliphatic carbocycles. The van der Waals surface area contributed by atoms with Crippen LogP contribution >= 0.6 is 15.9 Å². The van der Waals surface area contributed by atoms with Crippen LogP contribution in [0.1, 0.15) is 12.8 Å². The van der Waals surface area contributed by atoms with E-state index in [1.807, 2.05) is 0 Å². The minimum atomic E-state index is -3.48. The summed E-state index contributed by atoms with van der Waals surface area (Å²) < 4.78 is 32.3. The summed E-state index contributed by atoms with van der Waals surface area (Å²) in [7, 11) is -1.94. The van der Waals surface area contributed by atoms with E-state index in [4.69, 9.17) is 9.84 Å². The standard InChI is InChI=1S/C13H18BrNO4S/c1-19-13-3-2-11(8-12(13)14)20(17,18)15-6-4-10(9-16)5-7-15/h2-3,8,10,16H,4-7,9H2,1H3. The molecule has 0 atom stereocenters. The number of piperidine rings is 1. The smallest absolute Gasteiger partial charge is 0.243 e. The molecule has 0 saturated carbocycles. The Bertz CT molecular complexity index is 568. The molecule has 1 aromatic carbocycles. The zero-order valence-corrected chi connectivity index (χ0v) is 13.7. The number of methoxy groups -OCH3 is 1. The highest BCUT2D eigenvalue weighted by atomic mass is 79.9. The number of aliphatic hydroxyl groups is 1. The fourth-order valence-electron chi connectivity index (χ4n) is 2.29. The Morgan fingerprint density at radius 3 is 2.55 bits per heavy atom. The number of benzene rings is 1. The molecule has 1 fully saturated rings. The molecule has 112 valence electrons. The van der Waals surface area contributed by atoms with E-state index in [0.717, 1.165) is 0 Å². The molecule has 0 amide bonds. The maximum absolute atomic E-state index is 12.5.